The Morgan fingerprint density at radius 1 is 1.20 bits per heavy atom. The highest BCUT2D eigenvalue weighted by molar-refractivity contribution is 5.72. The Kier molecular flexibility index (Phi) is 5.18. The summed E-state index contributed by atoms with van der Waals surface area (Å²) in [5.74, 6) is -0.887. The average Bonchev–Trinajstić information content (AvgIpc) is 2.49. The van der Waals surface area contributed by atoms with Crippen molar-refractivity contribution in [2.45, 2.75) is 62.8 Å². The van der Waals surface area contributed by atoms with Crippen molar-refractivity contribution in [1.82, 2.24) is 0 Å². The number of rotatable bonds is 6. The van der Waals surface area contributed by atoms with E-state index in [1.807, 2.05) is 0 Å². The van der Waals surface area contributed by atoms with Crippen LogP contribution in [0.25, 0.3) is 0 Å². The molecule has 0 heterocycles. The molecule has 1 aliphatic carbocycles. The quantitative estimate of drug-likeness (QED) is 0.835. The fourth-order valence-electron chi connectivity index (χ4n) is 3.49. The lowest BCUT2D eigenvalue weighted by molar-refractivity contribution is -0.138. The molecule has 1 fully saturated rings. The molecule has 1 aromatic rings. The molecule has 110 valence electrons. The largest absolute Gasteiger partial charge is 0.480 e. The summed E-state index contributed by atoms with van der Waals surface area (Å²) in [5, 5.41) is 8.88. The first-order valence-electron chi connectivity index (χ1n) is 7.68. The molecule has 0 aliphatic heterocycles. The summed E-state index contributed by atoms with van der Waals surface area (Å²) < 4.78 is 0. The topological polar surface area (TPSA) is 63.3 Å². The standard InChI is InChI=1S/C17H25NO2/c18-15(16(19)20)10-7-13-17(11-5-2-6-12-17)14-8-3-1-4-9-14/h1,3-4,8-9,15H,2,5-7,10-13,18H2,(H,19,20). The zero-order valence-electron chi connectivity index (χ0n) is 12.1. The van der Waals surface area contributed by atoms with E-state index in [0.29, 0.717) is 6.42 Å². The Balaban J connectivity index is 2.03. The molecule has 3 nitrogen and oxygen atoms in total. The van der Waals surface area contributed by atoms with Crippen LogP contribution in [0.15, 0.2) is 30.3 Å². The van der Waals surface area contributed by atoms with Crippen LogP contribution in [0.5, 0.6) is 0 Å². The number of carboxylic acids is 1. The molecule has 0 aromatic heterocycles. The van der Waals surface area contributed by atoms with Gasteiger partial charge in [-0.25, -0.2) is 0 Å². The van der Waals surface area contributed by atoms with Gasteiger partial charge in [0.2, 0.25) is 0 Å². The van der Waals surface area contributed by atoms with Gasteiger partial charge >= 0.3 is 5.97 Å². The van der Waals surface area contributed by atoms with E-state index in [4.69, 9.17) is 10.8 Å². The highest BCUT2D eigenvalue weighted by Crippen LogP contribution is 2.43. The van der Waals surface area contributed by atoms with Gasteiger partial charge in [-0.3, -0.25) is 4.79 Å². The van der Waals surface area contributed by atoms with Crippen LogP contribution < -0.4 is 5.73 Å². The number of nitrogens with two attached hydrogens (primary N) is 1. The molecule has 1 atom stereocenters. The van der Waals surface area contributed by atoms with Gasteiger partial charge in [0.05, 0.1) is 0 Å². The predicted octanol–water partition coefficient (Wildman–Crippen LogP) is 3.47. The maximum Gasteiger partial charge on any atom is 0.320 e. The minimum atomic E-state index is -0.887. The first-order chi connectivity index (χ1) is 9.64. The minimum absolute atomic E-state index is 0.248. The summed E-state index contributed by atoms with van der Waals surface area (Å²) in [6, 6.07) is 10.0. The van der Waals surface area contributed by atoms with Crippen molar-refractivity contribution in [3.63, 3.8) is 0 Å². The van der Waals surface area contributed by atoms with Crippen LogP contribution in [0.2, 0.25) is 0 Å². The lowest BCUT2D eigenvalue weighted by atomic mass is 9.66. The number of hydrogen-bond donors (Lipinski definition) is 2. The summed E-state index contributed by atoms with van der Waals surface area (Å²) in [5.41, 5.74) is 7.28. The Morgan fingerprint density at radius 2 is 1.85 bits per heavy atom. The van der Waals surface area contributed by atoms with Gasteiger partial charge in [-0.05, 0) is 36.7 Å². The Hall–Kier alpha value is -1.35. The van der Waals surface area contributed by atoms with E-state index >= 15 is 0 Å². The van der Waals surface area contributed by atoms with Gasteiger partial charge in [0.25, 0.3) is 0 Å². The summed E-state index contributed by atoms with van der Waals surface area (Å²) in [6.07, 6.45) is 8.84. The van der Waals surface area contributed by atoms with Crippen molar-refractivity contribution in [3.05, 3.63) is 35.9 Å². The average molecular weight is 275 g/mol. The lowest BCUT2D eigenvalue weighted by Gasteiger charge is -2.38. The molecular formula is C17H25NO2. The second-order valence-electron chi connectivity index (χ2n) is 6.04. The van der Waals surface area contributed by atoms with Crippen LogP contribution in [-0.2, 0) is 10.2 Å². The molecule has 20 heavy (non-hydrogen) atoms. The van der Waals surface area contributed by atoms with E-state index in [2.05, 4.69) is 30.3 Å². The van der Waals surface area contributed by atoms with Crippen molar-refractivity contribution in [1.29, 1.82) is 0 Å². The van der Waals surface area contributed by atoms with Gasteiger partial charge in [0.15, 0.2) is 0 Å². The molecular weight excluding hydrogens is 250 g/mol. The van der Waals surface area contributed by atoms with Gasteiger partial charge < -0.3 is 10.8 Å². The third kappa shape index (κ3) is 3.60. The van der Waals surface area contributed by atoms with Crippen LogP contribution in [0.4, 0.5) is 0 Å². The molecule has 0 bridgehead atoms. The SMILES string of the molecule is NC(CCCC1(c2ccccc2)CCCCC1)C(=O)O. The van der Waals surface area contributed by atoms with E-state index in [0.717, 1.165) is 12.8 Å². The maximum absolute atomic E-state index is 10.8. The zero-order valence-corrected chi connectivity index (χ0v) is 12.1. The smallest absolute Gasteiger partial charge is 0.320 e. The number of benzene rings is 1. The van der Waals surface area contributed by atoms with Gasteiger partial charge in [0, 0.05) is 0 Å². The molecule has 1 saturated carbocycles. The molecule has 1 unspecified atom stereocenters. The van der Waals surface area contributed by atoms with E-state index in [1.54, 1.807) is 0 Å². The number of carbonyl (C=O) groups is 1. The molecule has 0 spiro atoms. The van der Waals surface area contributed by atoms with Crippen molar-refractivity contribution in [3.8, 4) is 0 Å². The third-order valence-electron chi connectivity index (χ3n) is 4.68. The summed E-state index contributed by atoms with van der Waals surface area (Å²) in [4.78, 5) is 10.8. The summed E-state index contributed by atoms with van der Waals surface area (Å²) in [6.45, 7) is 0. The van der Waals surface area contributed by atoms with Crippen molar-refractivity contribution in [2.24, 2.45) is 5.73 Å². The Bertz CT molecular complexity index is 424. The fourth-order valence-corrected chi connectivity index (χ4v) is 3.49. The van der Waals surface area contributed by atoms with Crippen molar-refractivity contribution in [2.75, 3.05) is 0 Å². The predicted molar refractivity (Wildman–Crippen MR) is 80.7 cm³/mol. The first kappa shape index (κ1) is 15.0. The zero-order chi connectivity index (χ0) is 14.4. The highest BCUT2D eigenvalue weighted by Gasteiger charge is 2.33. The van der Waals surface area contributed by atoms with E-state index < -0.39 is 12.0 Å². The fraction of sp³-hybridized carbons (Fsp3) is 0.588. The van der Waals surface area contributed by atoms with Crippen molar-refractivity contribution < 1.29 is 9.90 Å². The second kappa shape index (κ2) is 6.89. The minimum Gasteiger partial charge on any atom is -0.480 e. The first-order valence-corrected chi connectivity index (χ1v) is 7.68. The van der Waals surface area contributed by atoms with Crippen molar-refractivity contribution >= 4 is 5.97 Å². The molecule has 0 radical (unpaired) electrons. The van der Waals surface area contributed by atoms with E-state index in [-0.39, 0.29) is 5.41 Å². The monoisotopic (exact) mass is 275 g/mol. The van der Waals surface area contributed by atoms with Gasteiger partial charge in [-0.1, -0.05) is 56.0 Å². The third-order valence-corrected chi connectivity index (χ3v) is 4.68. The van der Waals surface area contributed by atoms with Crippen LogP contribution >= 0.6 is 0 Å². The molecule has 1 aromatic carbocycles. The molecule has 2 rings (SSSR count). The summed E-state index contributed by atoms with van der Waals surface area (Å²) >= 11 is 0. The van der Waals surface area contributed by atoms with Crippen LogP contribution in [0.3, 0.4) is 0 Å². The molecule has 0 amide bonds. The lowest BCUT2D eigenvalue weighted by Crippen LogP contribution is -2.32. The highest BCUT2D eigenvalue weighted by atomic mass is 16.4. The maximum atomic E-state index is 10.8. The number of carboxylic acid groups (broad SMARTS) is 1. The van der Waals surface area contributed by atoms with Gasteiger partial charge in [0.1, 0.15) is 6.04 Å². The second-order valence-corrected chi connectivity index (χ2v) is 6.04. The number of hydrogen-bond acceptors (Lipinski definition) is 2. The van der Waals surface area contributed by atoms with E-state index in [1.165, 1.54) is 37.7 Å². The molecule has 3 N–H and O–H groups in total. The Morgan fingerprint density at radius 3 is 2.45 bits per heavy atom. The molecule has 3 heteroatoms. The molecule has 0 saturated heterocycles. The van der Waals surface area contributed by atoms with Gasteiger partial charge in [-0.15, -0.1) is 0 Å². The molecule has 1 aliphatic rings. The van der Waals surface area contributed by atoms with Crippen LogP contribution in [0, 0.1) is 0 Å². The normalized spacial score (nSPS) is 19.4. The summed E-state index contributed by atoms with van der Waals surface area (Å²) in [7, 11) is 0. The van der Waals surface area contributed by atoms with E-state index in [9.17, 15) is 4.79 Å². The van der Waals surface area contributed by atoms with Crippen LogP contribution in [0.1, 0.15) is 56.9 Å². The van der Waals surface area contributed by atoms with Crippen LogP contribution in [-0.4, -0.2) is 17.1 Å². The Labute approximate surface area is 121 Å². The number of aliphatic carboxylic acids is 1. The van der Waals surface area contributed by atoms with Gasteiger partial charge in [-0.2, -0.15) is 0 Å².